The summed E-state index contributed by atoms with van der Waals surface area (Å²) in [6, 6.07) is 0. The van der Waals surface area contributed by atoms with Gasteiger partial charge in [0.2, 0.25) is 5.54 Å². The summed E-state index contributed by atoms with van der Waals surface area (Å²) in [6.07, 6.45) is 3.13. The van der Waals surface area contributed by atoms with Gasteiger partial charge in [-0.2, -0.15) is 20.8 Å². The number of hydrogen-bond acceptors (Lipinski definition) is 2. The summed E-state index contributed by atoms with van der Waals surface area (Å²) in [6.45, 7) is 25.9. The molecule has 0 radical (unpaired) electrons. The molecule has 4 heteroatoms. The molecule has 0 fully saturated rings. The predicted molar refractivity (Wildman–Crippen MR) is 74.0 cm³/mol. The third kappa shape index (κ3) is 36.1. The topological polar surface area (TPSA) is 38.5 Å². The Bertz CT molecular complexity index is 176. The molecule has 0 amide bonds. The summed E-state index contributed by atoms with van der Waals surface area (Å²) in [5, 5.41) is 0. The molecule has 0 aliphatic heterocycles. The van der Waals surface area contributed by atoms with Crippen molar-refractivity contribution in [3.63, 3.8) is 0 Å². The van der Waals surface area contributed by atoms with Crippen molar-refractivity contribution in [3.05, 3.63) is 17.3 Å². The van der Waals surface area contributed by atoms with Crippen LogP contribution in [-0.4, -0.2) is 19.1 Å². The molecule has 0 heterocycles. The molecule has 0 N–H and O–H groups in total. The third-order valence-electron chi connectivity index (χ3n) is 1.82. The van der Waals surface area contributed by atoms with E-state index >= 15 is 0 Å². The Kier molecular flexibility index (Phi) is 42.9. The number of rotatable bonds is 3. The van der Waals surface area contributed by atoms with Crippen LogP contribution in [0, 0.1) is 12.5 Å². The van der Waals surface area contributed by atoms with E-state index < -0.39 is 0 Å². The van der Waals surface area contributed by atoms with Gasteiger partial charge in [-0.15, -0.1) is 0 Å². The van der Waals surface area contributed by atoms with Crippen LogP contribution in [-0.2, 0) is 29.1 Å². The van der Waals surface area contributed by atoms with E-state index in [9.17, 15) is 0 Å². The van der Waals surface area contributed by atoms with Crippen LogP contribution in [0.3, 0.4) is 0 Å². The van der Waals surface area contributed by atoms with Crippen molar-refractivity contribution >= 4 is 13.6 Å². The first-order valence-electron chi connectivity index (χ1n) is 5.54. The van der Waals surface area contributed by atoms with Crippen LogP contribution < -0.4 is 0 Å². The summed E-state index contributed by atoms with van der Waals surface area (Å²) in [7, 11) is 0. The molecule has 0 rings (SSSR count). The van der Waals surface area contributed by atoms with Crippen molar-refractivity contribution in [1.29, 1.82) is 0 Å². The summed E-state index contributed by atoms with van der Waals surface area (Å²) in [5.74, 6) is 1.42. The first-order valence-corrected chi connectivity index (χ1v) is 5.54. The summed E-state index contributed by atoms with van der Waals surface area (Å²) < 4.78 is 0. The average molecular weight is 341 g/mol. The smallest absolute Gasteiger partial charge is 0.545 e. The average Bonchev–Trinajstić information content (AvgIpc) is 2.34. The second-order valence-corrected chi connectivity index (χ2v) is 4.21. The second kappa shape index (κ2) is 25.3. The van der Waals surface area contributed by atoms with Gasteiger partial charge in [-0.25, -0.2) is 6.57 Å². The van der Waals surface area contributed by atoms with Gasteiger partial charge in [0.25, 0.3) is 0 Å². The minimum Gasteiger partial charge on any atom is -0.545 e. The quantitative estimate of drug-likeness (QED) is 0.443. The molecule has 0 aromatic rings. The molecule has 0 aliphatic rings. The number of carbonyl (C=O) groups excluding carboxylic acids is 2. The molecule has 0 spiro atoms. The van der Waals surface area contributed by atoms with E-state index in [0.29, 0.717) is 0 Å². The Morgan fingerprint density at radius 3 is 1.44 bits per heavy atom. The first kappa shape index (κ1) is 30.5. The van der Waals surface area contributed by atoms with Crippen molar-refractivity contribution in [1.82, 2.24) is 0 Å². The molecule has 0 aromatic carbocycles. The summed E-state index contributed by atoms with van der Waals surface area (Å²) in [5.41, 5.74) is -0.0747. The standard InChI is InChI=1S/C8H15N.C4H9.2CHO.Ru/c1-5-7-8(3,6-2)9-4;1-4(2)3;2*1-2;/h5-7H2,1-3H3;1-3H3;2*1H;/q;3*-1;+4. The minimum absolute atomic E-state index is 0. The van der Waals surface area contributed by atoms with Crippen LogP contribution in [0.4, 0.5) is 0 Å². The Balaban J connectivity index is -0.0000000532. The Labute approximate surface area is 126 Å². The zero-order valence-corrected chi connectivity index (χ0v) is 14.1. The largest absolute Gasteiger partial charge is 4.00 e. The molecule has 0 saturated heterocycles. The van der Waals surface area contributed by atoms with Gasteiger partial charge in [0.15, 0.2) is 0 Å². The second-order valence-electron chi connectivity index (χ2n) is 4.21. The third-order valence-corrected chi connectivity index (χ3v) is 1.82. The van der Waals surface area contributed by atoms with Gasteiger partial charge < -0.3 is 20.4 Å². The minimum atomic E-state index is -0.0747. The Morgan fingerprint density at radius 2 is 1.39 bits per heavy atom. The molecule has 3 nitrogen and oxygen atoms in total. The zero-order valence-electron chi connectivity index (χ0n) is 12.4. The van der Waals surface area contributed by atoms with Crippen LogP contribution in [0.25, 0.3) is 4.85 Å². The molecular formula is C14H26NO2Ru+. The van der Waals surface area contributed by atoms with Gasteiger partial charge in [-0.1, -0.05) is 13.8 Å². The molecule has 1 unspecified atom stereocenters. The van der Waals surface area contributed by atoms with Crippen LogP contribution >= 0.6 is 0 Å². The van der Waals surface area contributed by atoms with Crippen molar-refractivity contribution in [2.45, 2.75) is 66.3 Å². The maximum absolute atomic E-state index is 7.75. The van der Waals surface area contributed by atoms with Crippen LogP contribution in [0.2, 0.25) is 0 Å². The monoisotopic (exact) mass is 342 g/mol. The van der Waals surface area contributed by atoms with Gasteiger partial charge in [-0.3, -0.25) is 13.6 Å². The SMILES string of the molecule is C[C-](C)C.[C-]#[N+]C(C)(CC)CCC.[CH-]=O.[CH-]=O.[Ru+4]. The van der Waals surface area contributed by atoms with Gasteiger partial charge in [0.05, 0.1) is 0 Å². The summed E-state index contributed by atoms with van der Waals surface area (Å²) >= 11 is 0. The molecule has 0 bridgehead atoms. The van der Waals surface area contributed by atoms with Crippen LogP contribution in [0.1, 0.15) is 60.8 Å². The number of nitrogens with zero attached hydrogens (tertiary/aromatic N) is 1. The van der Waals surface area contributed by atoms with Crippen molar-refractivity contribution < 1.29 is 29.1 Å². The van der Waals surface area contributed by atoms with E-state index in [0.717, 1.165) is 19.3 Å². The Morgan fingerprint density at radius 1 is 1.11 bits per heavy atom. The molecule has 1 atom stereocenters. The maximum Gasteiger partial charge on any atom is 4.00 e. The number of hydrogen-bond donors (Lipinski definition) is 0. The van der Waals surface area contributed by atoms with Crippen molar-refractivity contribution in [2.75, 3.05) is 0 Å². The van der Waals surface area contributed by atoms with Gasteiger partial charge in [0.1, 0.15) is 0 Å². The van der Waals surface area contributed by atoms with Crippen molar-refractivity contribution in [2.24, 2.45) is 0 Å². The van der Waals surface area contributed by atoms with E-state index in [1.54, 1.807) is 0 Å². The molecule has 0 saturated carbocycles. The molecule has 18 heavy (non-hydrogen) atoms. The van der Waals surface area contributed by atoms with E-state index in [2.05, 4.69) is 53.0 Å². The van der Waals surface area contributed by atoms with Gasteiger partial charge in [-0.05, 0) is 6.42 Å². The van der Waals surface area contributed by atoms with Crippen molar-refractivity contribution in [3.8, 4) is 0 Å². The van der Waals surface area contributed by atoms with Gasteiger partial charge >= 0.3 is 19.5 Å². The normalized spacial score (nSPS) is 10.6. The molecule has 0 aliphatic carbocycles. The molecular weight excluding hydrogens is 315 g/mol. The van der Waals surface area contributed by atoms with Gasteiger partial charge in [0, 0.05) is 19.8 Å². The molecule has 0 aromatic heterocycles. The van der Waals surface area contributed by atoms with Crippen LogP contribution in [0.15, 0.2) is 0 Å². The Hall–Kier alpha value is -0.547. The fourth-order valence-corrected chi connectivity index (χ4v) is 0.850. The fourth-order valence-electron chi connectivity index (χ4n) is 0.850. The first-order chi connectivity index (χ1) is 7.91. The van der Waals surface area contributed by atoms with E-state index in [1.165, 1.54) is 5.92 Å². The summed E-state index contributed by atoms with van der Waals surface area (Å²) in [4.78, 5) is 19.1. The van der Waals surface area contributed by atoms with E-state index in [4.69, 9.17) is 16.2 Å². The fraction of sp³-hybridized carbons (Fsp3) is 0.714. The maximum atomic E-state index is 7.75. The van der Waals surface area contributed by atoms with Crippen LogP contribution in [0.5, 0.6) is 0 Å². The zero-order chi connectivity index (χ0) is 14.9. The molecule has 106 valence electrons. The van der Waals surface area contributed by atoms with E-state index in [-0.39, 0.29) is 25.0 Å². The predicted octanol–water partition coefficient (Wildman–Crippen LogP) is 3.94. The van der Waals surface area contributed by atoms with E-state index in [1.807, 2.05) is 6.92 Å².